The Morgan fingerprint density at radius 1 is 1.06 bits per heavy atom. The lowest BCUT2D eigenvalue weighted by Gasteiger charge is -2.23. The highest BCUT2D eigenvalue weighted by Crippen LogP contribution is 2.22. The Balaban J connectivity index is 0.00000480. The summed E-state index contributed by atoms with van der Waals surface area (Å²) in [7, 11) is 1.64. The quantitative estimate of drug-likeness (QED) is 0.203. The molecule has 0 atom stereocenters. The first-order valence-electron chi connectivity index (χ1n) is 10.3. The highest BCUT2D eigenvalue weighted by molar-refractivity contribution is 14.0. The van der Waals surface area contributed by atoms with E-state index in [1.807, 2.05) is 58.0 Å². The van der Waals surface area contributed by atoms with Gasteiger partial charge in [-0.3, -0.25) is 0 Å². The number of ether oxygens (including phenoxy) is 3. The fraction of sp³-hybridized carbons (Fsp3) is 0.478. The lowest BCUT2D eigenvalue weighted by atomic mass is 10.1. The van der Waals surface area contributed by atoms with Crippen LogP contribution in [0.2, 0.25) is 0 Å². The number of guanidine groups is 1. The molecule has 0 amide bonds. The molecule has 2 aromatic rings. The molecule has 0 fully saturated rings. The van der Waals surface area contributed by atoms with Crippen LogP contribution in [0, 0.1) is 0 Å². The van der Waals surface area contributed by atoms with E-state index >= 15 is 0 Å². The van der Waals surface area contributed by atoms with Gasteiger partial charge in [0.2, 0.25) is 5.88 Å². The standard InChI is InChI=1S/C23H34N4O3.HI/c1-6-24-22(26-16-18-11-12-21(25-15-18)29-14-13-28-5)27-17-19-9-7-8-10-20(19)30-23(2,3)4;/h7-12,15H,6,13-14,16-17H2,1-5H3,(H2,24,26,27);1H. The predicted octanol–water partition coefficient (Wildman–Crippen LogP) is 4.16. The van der Waals surface area contributed by atoms with Crippen molar-refractivity contribution < 1.29 is 14.2 Å². The number of nitrogens with one attached hydrogen (secondary N) is 2. The van der Waals surface area contributed by atoms with E-state index in [-0.39, 0.29) is 29.6 Å². The van der Waals surface area contributed by atoms with Crippen molar-refractivity contribution in [1.29, 1.82) is 0 Å². The Morgan fingerprint density at radius 3 is 2.48 bits per heavy atom. The molecule has 7 nitrogen and oxygen atoms in total. The zero-order chi connectivity index (χ0) is 21.8. The van der Waals surface area contributed by atoms with Gasteiger partial charge in [0.1, 0.15) is 18.0 Å². The van der Waals surface area contributed by atoms with Crippen LogP contribution in [0.1, 0.15) is 38.8 Å². The molecule has 0 saturated carbocycles. The Hall–Kier alpha value is -2.07. The maximum Gasteiger partial charge on any atom is 0.213 e. The summed E-state index contributed by atoms with van der Waals surface area (Å²) in [4.78, 5) is 8.97. The number of rotatable bonds is 10. The van der Waals surface area contributed by atoms with E-state index in [1.54, 1.807) is 13.3 Å². The number of aliphatic imine (C=N–C) groups is 1. The second-order valence-electron chi connectivity index (χ2n) is 7.72. The maximum absolute atomic E-state index is 6.07. The van der Waals surface area contributed by atoms with Gasteiger partial charge in [0.25, 0.3) is 0 Å². The molecular formula is C23H35IN4O3. The first-order valence-corrected chi connectivity index (χ1v) is 10.3. The number of hydrogen-bond acceptors (Lipinski definition) is 5. The summed E-state index contributed by atoms with van der Waals surface area (Å²) in [5, 5.41) is 6.65. The number of aromatic nitrogens is 1. The molecule has 2 rings (SSSR count). The van der Waals surface area contributed by atoms with E-state index in [2.05, 4.69) is 26.7 Å². The van der Waals surface area contributed by atoms with Crippen LogP contribution in [0.15, 0.2) is 47.6 Å². The summed E-state index contributed by atoms with van der Waals surface area (Å²) in [6, 6.07) is 11.9. The fourth-order valence-electron chi connectivity index (χ4n) is 2.59. The molecule has 1 heterocycles. The van der Waals surface area contributed by atoms with Gasteiger partial charge in [-0.25, -0.2) is 9.98 Å². The average Bonchev–Trinajstić information content (AvgIpc) is 2.71. The highest BCUT2D eigenvalue weighted by atomic mass is 127. The van der Waals surface area contributed by atoms with Gasteiger partial charge in [-0.2, -0.15) is 0 Å². The molecule has 0 aliphatic heterocycles. The molecule has 1 aromatic carbocycles. The number of hydrogen-bond donors (Lipinski definition) is 2. The SMILES string of the molecule is CCNC(=NCc1ccc(OCCOC)nc1)NCc1ccccc1OC(C)(C)C.I. The van der Waals surface area contributed by atoms with Crippen molar-refractivity contribution in [3.05, 3.63) is 53.7 Å². The Bertz CT molecular complexity index is 792. The van der Waals surface area contributed by atoms with Crippen molar-refractivity contribution in [2.45, 2.75) is 46.4 Å². The van der Waals surface area contributed by atoms with Gasteiger partial charge in [0, 0.05) is 38.0 Å². The van der Waals surface area contributed by atoms with Gasteiger partial charge >= 0.3 is 0 Å². The zero-order valence-corrected chi connectivity index (χ0v) is 21.4. The minimum absolute atomic E-state index is 0. The molecule has 8 heteroatoms. The van der Waals surface area contributed by atoms with Gasteiger partial charge in [-0.1, -0.05) is 24.3 Å². The van der Waals surface area contributed by atoms with E-state index < -0.39 is 0 Å². The first-order chi connectivity index (χ1) is 14.4. The average molecular weight is 542 g/mol. The van der Waals surface area contributed by atoms with E-state index in [1.165, 1.54) is 0 Å². The van der Waals surface area contributed by atoms with Crippen LogP contribution in [0.3, 0.4) is 0 Å². The van der Waals surface area contributed by atoms with Crippen LogP contribution >= 0.6 is 24.0 Å². The van der Waals surface area contributed by atoms with E-state index in [4.69, 9.17) is 14.2 Å². The summed E-state index contributed by atoms with van der Waals surface area (Å²) in [6.07, 6.45) is 1.78. The number of halogens is 1. The molecule has 2 N–H and O–H groups in total. The number of methoxy groups -OCH3 is 1. The first kappa shape index (κ1) is 27.0. The molecule has 0 aliphatic rings. The third kappa shape index (κ3) is 10.7. The third-order valence-corrected chi connectivity index (χ3v) is 3.93. The third-order valence-electron chi connectivity index (χ3n) is 3.93. The van der Waals surface area contributed by atoms with Gasteiger partial charge in [-0.15, -0.1) is 24.0 Å². The number of nitrogens with zero attached hydrogens (tertiary/aromatic N) is 2. The maximum atomic E-state index is 6.07. The summed E-state index contributed by atoms with van der Waals surface area (Å²) in [5.74, 6) is 2.20. The van der Waals surface area contributed by atoms with Crippen molar-refractivity contribution in [3.8, 4) is 11.6 Å². The van der Waals surface area contributed by atoms with E-state index in [0.717, 1.165) is 29.4 Å². The summed E-state index contributed by atoms with van der Waals surface area (Å²) >= 11 is 0. The molecule has 0 bridgehead atoms. The van der Waals surface area contributed by atoms with Crippen molar-refractivity contribution in [2.75, 3.05) is 26.9 Å². The molecule has 0 unspecified atom stereocenters. The molecule has 0 aliphatic carbocycles. The van der Waals surface area contributed by atoms with Gasteiger partial charge in [-0.05, 0) is 39.3 Å². The highest BCUT2D eigenvalue weighted by Gasteiger charge is 2.14. The largest absolute Gasteiger partial charge is 0.488 e. The Morgan fingerprint density at radius 2 is 1.84 bits per heavy atom. The van der Waals surface area contributed by atoms with Crippen LogP contribution in [-0.4, -0.2) is 43.4 Å². The van der Waals surface area contributed by atoms with E-state index in [0.29, 0.717) is 32.2 Å². The normalized spacial score (nSPS) is 11.5. The second kappa shape index (κ2) is 14.1. The van der Waals surface area contributed by atoms with Crippen LogP contribution < -0.4 is 20.1 Å². The molecular weight excluding hydrogens is 507 g/mol. The number of pyridine rings is 1. The smallest absolute Gasteiger partial charge is 0.213 e. The predicted molar refractivity (Wildman–Crippen MR) is 136 cm³/mol. The molecule has 0 spiro atoms. The Kier molecular flexibility index (Phi) is 12.2. The van der Waals surface area contributed by atoms with Gasteiger partial charge in [0.15, 0.2) is 5.96 Å². The van der Waals surface area contributed by atoms with Crippen molar-refractivity contribution >= 4 is 29.9 Å². The van der Waals surface area contributed by atoms with Crippen molar-refractivity contribution in [1.82, 2.24) is 15.6 Å². The van der Waals surface area contributed by atoms with Crippen molar-refractivity contribution in [2.24, 2.45) is 4.99 Å². The van der Waals surface area contributed by atoms with Crippen molar-refractivity contribution in [3.63, 3.8) is 0 Å². The fourth-order valence-corrected chi connectivity index (χ4v) is 2.59. The van der Waals surface area contributed by atoms with Gasteiger partial charge < -0.3 is 24.8 Å². The topological polar surface area (TPSA) is 77.0 Å². The molecule has 31 heavy (non-hydrogen) atoms. The summed E-state index contributed by atoms with van der Waals surface area (Å²) in [6.45, 7) is 11.1. The van der Waals surface area contributed by atoms with Crippen LogP contribution in [0.4, 0.5) is 0 Å². The minimum Gasteiger partial charge on any atom is -0.488 e. The van der Waals surface area contributed by atoms with Crippen LogP contribution in [-0.2, 0) is 17.8 Å². The minimum atomic E-state index is -0.249. The zero-order valence-electron chi connectivity index (χ0n) is 19.1. The van der Waals surface area contributed by atoms with Crippen LogP contribution in [0.5, 0.6) is 11.6 Å². The van der Waals surface area contributed by atoms with E-state index in [9.17, 15) is 0 Å². The summed E-state index contributed by atoms with van der Waals surface area (Å²) in [5.41, 5.74) is 1.83. The molecule has 1 aromatic heterocycles. The lowest BCUT2D eigenvalue weighted by molar-refractivity contribution is 0.129. The molecule has 0 saturated heterocycles. The number of para-hydroxylation sites is 1. The second-order valence-corrected chi connectivity index (χ2v) is 7.72. The molecule has 172 valence electrons. The number of benzene rings is 1. The lowest BCUT2D eigenvalue weighted by Crippen LogP contribution is -2.37. The Labute approximate surface area is 203 Å². The molecule has 0 radical (unpaired) electrons. The van der Waals surface area contributed by atoms with Gasteiger partial charge in [0.05, 0.1) is 13.2 Å². The van der Waals surface area contributed by atoms with Crippen LogP contribution in [0.25, 0.3) is 0 Å². The summed E-state index contributed by atoms with van der Waals surface area (Å²) < 4.78 is 16.5. The monoisotopic (exact) mass is 542 g/mol.